The minimum atomic E-state index is -0.315. The number of aromatic amines is 1. The van der Waals surface area contributed by atoms with Crippen LogP contribution < -0.4 is 11.2 Å². The Morgan fingerprint density at radius 3 is 2.77 bits per heavy atom. The molecule has 4 rings (SSSR count). The van der Waals surface area contributed by atoms with Gasteiger partial charge in [0.1, 0.15) is 11.5 Å². The number of aryl methyl sites for hydroxylation is 1. The fourth-order valence-electron chi connectivity index (χ4n) is 2.81. The molecule has 0 fully saturated rings. The summed E-state index contributed by atoms with van der Waals surface area (Å²) in [5.74, 6) is 6.12. The number of anilines is 1. The molecule has 0 saturated heterocycles. The topological polar surface area (TPSA) is 115 Å². The molecule has 152 valence electrons. The number of hydrogen-bond donors (Lipinski definition) is 3. The third kappa shape index (κ3) is 4.33. The highest BCUT2D eigenvalue weighted by Gasteiger charge is 2.16. The molecule has 0 saturated carbocycles. The molecular formula is C20H18FN7OS. The molecule has 0 aliphatic rings. The molecule has 0 bridgehead atoms. The lowest BCUT2D eigenvalue weighted by atomic mass is 10.1. The summed E-state index contributed by atoms with van der Waals surface area (Å²) in [7, 11) is 0. The lowest BCUT2D eigenvalue weighted by Gasteiger charge is -2.06. The minimum absolute atomic E-state index is 0.132. The first-order chi connectivity index (χ1) is 14.5. The molecule has 2 aromatic heterocycles. The molecule has 2 aromatic carbocycles. The van der Waals surface area contributed by atoms with Gasteiger partial charge in [0.25, 0.3) is 0 Å². The van der Waals surface area contributed by atoms with Crippen molar-refractivity contribution >= 4 is 23.4 Å². The highest BCUT2D eigenvalue weighted by Crippen LogP contribution is 2.25. The molecule has 0 radical (unpaired) electrons. The van der Waals surface area contributed by atoms with E-state index in [0.29, 0.717) is 22.4 Å². The second kappa shape index (κ2) is 8.37. The van der Waals surface area contributed by atoms with Gasteiger partial charge in [0.15, 0.2) is 0 Å². The van der Waals surface area contributed by atoms with Crippen molar-refractivity contribution < 1.29 is 9.18 Å². The third-order valence-electron chi connectivity index (χ3n) is 4.26. The molecule has 0 aliphatic carbocycles. The van der Waals surface area contributed by atoms with Crippen molar-refractivity contribution in [3.63, 3.8) is 0 Å². The van der Waals surface area contributed by atoms with Crippen molar-refractivity contribution in [2.24, 2.45) is 0 Å². The molecule has 0 atom stereocenters. The number of benzene rings is 2. The average molecular weight is 423 g/mol. The van der Waals surface area contributed by atoms with E-state index in [1.165, 1.54) is 28.6 Å². The van der Waals surface area contributed by atoms with Crippen LogP contribution in [0.5, 0.6) is 0 Å². The van der Waals surface area contributed by atoms with Gasteiger partial charge in [-0.2, -0.15) is 5.10 Å². The quantitative estimate of drug-likeness (QED) is 0.324. The SMILES string of the molecule is Cc1cccc(NC(=O)CSc2nnc(-c3cc(-c4ccc(F)cc4)n[nH]3)n2N)c1. The first kappa shape index (κ1) is 19.6. The van der Waals surface area contributed by atoms with E-state index in [2.05, 4.69) is 25.7 Å². The van der Waals surface area contributed by atoms with Crippen LogP contribution in [0.4, 0.5) is 10.1 Å². The number of rotatable bonds is 6. The number of nitrogens with zero attached hydrogens (tertiary/aromatic N) is 4. The number of hydrogen-bond acceptors (Lipinski definition) is 6. The van der Waals surface area contributed by atoms with Crippen molar-refractivity contribution in [2.45, 2.75) is 12.1 Å². The van der Waals surface area contributed by atoms with E-state index in [0.717, 1.165) is 16.8 Å². The largest absolute Gasteiger partial charge is 0.335 e. The predicted octanol–water partition coefficient (Wildman–Crippen LogP) is 3.23. The summed E-state index contributed by atoms with van der Waals surface area (Å²) < 4.78 is 14.4. The Balaban J connectivity index is 1.42. The fourth-order valence-corrected chi connectivity index (χ4v) is 3.47. The summed E-state index contributed by atoms with van der Waals surface area (Å²) in [6, 6.07) is 15.3. The van der Waals surface area contributed by atoms with Gasteiger partial charge in [-0.1, -0.05) is 23.9 Å². The van der Waals surface area contributed by atoms with Crippen molar-refractivity contribution in [1.29, 1.82) is 0 Å². The van der Waals surface area contributed by atoms with Crippen LogP contribution in [0.2, 0.25) is 0 Å². The minimum Gasteiger partial charge on any atom is -0.335 e. The summed E-state index contributed by atoms with van der Waals surface area (Å²) in [6.45, 7) is 1.96. The zero-order valence-corrected chi connectivity index (χ0v) is 16.8. The smallest absolute Gasteiger partial charge is 0.234 e. The summed E-state index contributed by atoms with van der Waals surface area (Å²) in [4.78, 5) is 12.2. The Bertz CT molecular complexity index is 1190. The molecule has 30 heavy (non-hydrogen) atoms. The van der Waals surface area contributed by atoms with Crippen LogP contribution in [0.15, 0.2) is 59.8 Å². The van der Waals surface area contributed by atoms with Gasteiger partial charge < -0.3 is 11.2 Å². The van der Waals surface area contributed by atoms with Gasteiger partial charge in [-0.15, -0.1) is 10.2 Å². The molecule has 10 heteroatoms. The molecule has 4 aromatic rings. The standard InChI is InChI=1S/C20H18FN7OS/c1-12-3-2-4-15(9-12)23-18(29)11-30-20-27-26-19(28(20)22)17-10-16(24-25-17)13-5-7-14(21)8-6-13/h2-10H,11,22H2,1H3,(H,23,29)(H,24,25). The highest BCUT2D eigenvalue weighted by atomic mass is 32.2. The van der Waals surface area contributed by atoms with Crippen LogP contribution in [0.1, 0.15) is 5.56 Å². The van der Waals surface area contributed by atoms with Gasteiger partial charge in [-0.05, 0) is 55.0 Å². The number of aromatic nitrogens is 5. The van der Waals surface area contributed by atoms with Gasteiger partial charge in [-0.25, -0.2) is 9.07 Å². The zero-order chi connectivity index (χ0) is 21.1. The number of carbonyl (C=O) groups is 1. The van der Waals surface area contributed by atoms with Gasteiger partial charge >= 0.3 is 0 Å². The van der Waals surface area contributed by atoms with Crippen LogP contribution in [0.3, 0.4) is 0 Å². The van der Waals surface area contributed by atoms with E-state index in [4.69, 9.17) is 5.84 Å². The lowest BCUT2D eigenvalue weighted by Crippen LogP contribution is -2.16. The van der Waals surface area contributed by atoms with Gasteiger partial charge in [0.05, 0.1) is 11.4 Å². The van der Waals surface area contributed by atoms with Crippen LogP contribution in [0, 0.1) is 12.7 Å². The first-order valence-corrected chi connectivity index (χ1v) is 9.99. The second-order valence-electron chi connectivity index (χ2n) is 6.56. The maximum absolute atomic E-state index is 13.1. The lowest BCUT2D eigenvalue weighted by molar-refractivity contribution is -0.113. The number of halogens is 1. The summed E-state index contributed by atoms with van der Waals surface area (Å²) >= 11 is 1.18. The van der Waals surface area contributed by atoms with Gasteiger partial charge in [0, 0.05) is 11.3 Å². The van der Waals surface area contributed by atoms with Crippen molar-refractivity contribution in [3.8, 4) is 22.8 Å². The maximum atomic E-state index is 13.1. The van der Waals surface area contributed by atoms with E-state index >= 15 is 0 Å². The first-order valence-electron chi connectivity index (χ1n) is 9.01. The molecule has 8 nitrogen and oxygen atoms in total. The number of thioether (sulfide) groups is 1. The number of nitrogens with one attached hydrogen (secondary N) is 2. The van der Waals surface area contributed by atoms with Crippen LogP contribution in [-0.4, -0.2) is 36.7 Å². The average Bonchev–Trinajstić information content (AvgIpc) is 3.34. The van der Waals surface area contributed by atoms with E-state index in [1.807, 2.05) is 31.2 Å². The number of nitrogens with two attached hydrogens (primary N) is 1. The Hall–Kier alpha value is -3.66. The molecule has 0 aliphatic heterocycles. The normalized spacial score (nSPS) is 10.9. The van der Waals surface area contributed by atoms with E-state index in [9.17, 15) is 9.18 Å². The Kier molecular flexibility index (Phi) is 5.48. The number of H-pyrrole nitrogens is 1. The van der Waals surface area contributed by atoms with E-state index in [-0.39, 0.29) is 17.5 Å². The van der Waals surface area contributed by atoms with Crippen LogP contribution in [0.25, 0.3) is 22.8 Å². The predicted molar refractivity (Wildman–Crippen MR) is 114 cm³/mol. The number of carbonyl (C=O) groups excluding carboxylic acids is 1. The van der Waals surface area contributed by atoms with Crippen molar-refractivity contribution in [2.75, 3.05) is 16.9 Å². The molecule has 2 heterocycles. The third-order valence-corrected chi connectivity index (χ3v) is 5.20. The Morgan fingerprint density at radius 1 is 1.20 bits per heavy atom. The zero-order valence-electron chi connectivity index (χ0n) is 16.0. The van der Waals surface area contributed by atoms with Crippen LogP contribution in [-0.2, 0) is 4.79 Å². The Labute approximate surface area is 175 Å². The summed E-state index contributed by atoms with van der Waals surface area (Å²) in [6.07, 6.45) is 0. The van der Waals surface area contributed by atoms with E-state index in [1.54, 1.807) is 18.2 Å². The molecular weight excluding hydrogens is 405 g/mol. The molecule has 4 N–H and O–H groups in total. The van der Waals surface area contributed by atoms with Gasteiger partial charge in [0.2, 0.25) is 16.9 Å². The van der Waals surface area contributed by atoms with Gasteiger partial charge in [-0.3, -0.25) is 9.89 Å². The highest BCUT2D eigenvalue weighted by molar-refractivity contribution is 7.99. The molecule has 1 amide bonds. The molecule has 0 unspecified atom stereocenters. The molecule has 0 spiro atoms. The van der Waals surface area contributed by atoms with Crippen LogP contribution >= 0.6 is 11.8 Å². The van der Waals surface area contributed by atoms with E-state index < -0.39 is 0 Å². The second-order valence-corrected chi connectivity index (χ2v) is 7.50. The summed E-state index contributed by atoms with van der Waals surface area (Å²) in [5.41, 5.74) is 3.73. The van der Waals surface area contributed by atoms with Crippen molar-refractivity contribution in [3.05, 3.63) is 66.0 Å². The number of amides is 1. The van der Waals surface area contributed by atoms with Crippen molar-refractivity contribution in [1.82, 2.24) is 25.1 Å². The summed E-state index contributed by atoms with van der Waals surface area (Å²) in [5, 5.41) is 18.4. The maximum Gasteiger partial charge on any atom is 0.234 e. The monoisotopic (exact) mass is 423 g/mol. The Morgan fingerprint density at radius 2 is 2.00 bits per heavy atom. The number of nitrogen functional groups attached to an aromatic ring is 1. The fraction of sp³-hybridized carbons (Fsp3) is 0.100.